The molecule has 1 aliphatic rings. The molecule has 0 amide bonds. The van der Waals surface area contributed by atoms with E-state index in [-0.39, 0.29) is 12.1 Å². The molecule has 1 unspecified atom stereocenters. The molecule has 3 heteroatoms. The topological polar surface area (TPSA) is 35.5 Å². The van der Waals surface area contributed by atoms with Gasteiger partial charge in [0.15, 0.2) is 0 Å². The number of aliphatic hydroxyl groups is 1. The van der Waals surface area contributed by atoms with Gasteiger partial charge in [-0.25, -0.2) is 0 Å². The van der Waals surface area contributed by atoms with E-state index in [0.717, 1.165) is 45.4 Å². The summed E-state index contributed by atoms with van der Waals surface area (Å²) in [4.78, 5) is 2.55. The molecule has 1 aromatic carbocycles. The molecular weight excluding hydrogens is 260 g/mol. The zero-order valence-electron chi connectivity index (χ0n) is 13.6. The molecular formula is C18H30N2O. The van der Waals surface area contributed by atoms with E-state index < -0.39 is 0 Å². The van der Waals surface area contributed by atoms with Crippen LogP contribution in [0.3, 0.4) is 0 Å². The van der Waals surface area contributed by atoms with Crippen molar-refractivity contribution in [2.75, 3.05) is 26.2 Å². The minimum absolute atomic E-state index is 0.0809. The molecule has 1 heterocycles. The first-order chi connectivity index (χ1) is 10.2. The Hall–Kier alpha value is -0.900. The summed E-state index contributed by atoms with van der Waals surface area (Å²) in [6.45, 7) is 8.80. The van der Waals surface area contributed by atoms with E-state index >= 15 is 0 Å². The van der Waals surface area contributed by atoms with Crippen LogP contribution < -0.4 is 5.32 Å². The molecule has 0 aromatic heterocycles. The summed E-state index contributed by atoms with van der Waals surface area (Å²) in [5, 5.41) is 13.2. The van der Waals surface area contributed by atoms with Crippen molar-refractivity contribution in [2.45, 2.75) is 51.6 Å². The summed E-state index contributed by atoms with van der Waals surface area (Å²) in [6.07, 6.45) is 4.35. The van der Waals surface area contributed by atoms with E-state index in [9.17, 15) is 5.11 Å². The summed E-state index contributed by atoms with van der Waals surface area (Å²) >= 11 is 0. The van der Waals surface area contributed by atoms with E-state index in [1.54, 1.807) is 0 Å². The monoisotopic (exact) mass is 290 g/mol. The van der Waals surface area contributed by atoms with E-state index in [4.69, 9.17) is 0 Å². The van der Waals surface area contributed by atoms with Gasteiger partial charge in [-0.15, -0.1) is 0 Å². The van der Waals surface area contributed by atoms with Gasteiger partial charge in [0.05, 0.1) is 6.61 Å². The molecule has 0 spiro atoms. The van der Waals surface area contributed by atoms with Crippen molar-refractivity contribution in [3.63, 3.8) is 0 Å². The maximum Gasteiger partial charge on any atom is 0.0613 e. The lowest BCUT2D eigenvalue weighted by atomic mass is 9.90. The number of nitrogens with one attached hydrogen (secondary N) is 1. The molecule has 0 saturated heterocycles. The largest absolute Gasteiger partial charge is 0.394 e. The number of hydrogen-bond acceptors (Lipinski definition) is 3. The molecule has 0 radical (unpaired) electrons. The van der Waals surface area contributed by atoms with Crippen molar-refractivity contribution in [2.24, 2.45) is 0 Å². The Labute approximate surface area is 129 Å². The molecule has 0 fully saturated rings. The average Bonchev–Trinajstić information content (AvgIpc) is 2.54. The van der Waals surface area contributed by atoms with Gasteiger partial charge in [0.2, 0.25) is 0 Å². The first kappa shape index (κ1) is 16.5. The number of hydrogen-bond donors (Lipinski definition) is 2. The van der Waals surface area contributed by atoms with E-state index in [2.05, 4.69) is 48.3 Å². The van der Waals surface area contributed by atoms with Crippen LogP contribution in [0, 0.1) is 0 Å². The Morgan fingerprint density at radius 3 is 2.67 bits per heavy atom. The standard InChI is InChI=1S/C18H30N2O/c1-3-18(15-21,19-4-2)11-7-12-20-13-10-16-8-5-6-9-17(16)14-20/h5-6,8-9,19,21H,3-4,7,10-15H2,1-2H3. The Balaban J connectivity index is 1.82. The summed E-state index contributed by atoms with van der Waals surface area (Å²) in [5.74, 6) is 0. The molecule has 21 heavy (non-hydrogen) atoms. The fourth-order valence-corrected chi connectivity index (χ4v) is 3.40. The molecule has 1 aromatic rings. The Bertz CT molecular complexity index is 429. The summed E-state index contributed by atoms with van der Waals surface area (Å²) in [7, 11) is 0. The van der Waals surface area contributed by atoms with Gasteiger partial charge in [-0.2, -0.15) is 0 Å². The van der Waals surface area contributed by atoms with Crippen molar-refractivity contribution in [1.29, 1.82) is 0 Å². The van der Waals surface area contributed by atoms with Crippen molar-refractivity contribution >= 4 is 0 Å². The van der Waals surface area contributed by atoms with Crippen LogP contribution in [-0.4, -0.2) is 41.8 Å². The van der Waals surface area contributed by atoms with E-state index in [0.29, 0.717) is 0 Å². The minimum Gasteiger partial charge on any atom is -0.394 e. The lowest BCUT2D eigenvalue weighted by molar-refractivity contribution is 0.138. The van der Waals surface area contributed by atoms with Crippen LogP contribution in [0.5, 0.6) is 0 Å². The zero-order valence-corrected chi connectivity index (χ0v) is 13.6. The predicted molar refractivity (Wildman–Crippen MR) is 88.4 cm³/mol. The van der Waals surface area contributed by atoms with Gasteiger partial charge >= 0.3 is 0 Å². The number of fused-ring (bicyclic) bond motifs is 1. The van der Waals surface area contributed by atoms with Gasteiger partial charge in [-0.05, 0) is 49.9 Å². The number of likely N-dealkylation sites (N-methyl/N-ethyl adjacent to an activating group) is 1. The molecule has 1 atom stereocenters. The minimum atomic E-state index is -0.0809. The second kappa shape index (κ2) is 7.92. The van der Waals surface area contributed by atoms with Crippen molar-refractivity contribution < 1.29 is 5.11 Å². The molecule has 118 valence electrons. The molecule has 1 aliphatic heterocycles. The fourth-order valence-electron chi connectivity index (χ4n) is 3.40. The molecule has 2 rings (SSSR count). The normalized spacial score (nSPS) is 18.2. The van der Waals surface area contributed by atoms with Gasteiger partial charge in [-0.3, -0.25) is 4.90 Å². The third-order valence-corrected chi connectivity index (χ3v) is 4.87. The highest BCUT2D eigenvalue weighted by molar-refractivity contribution is 5.28. The first-order valence-corrected chi connectivity index (χ1v) is 8.38. The lowest BCUT2D eigenvalue weighted by Gasteiger charge is -2.34. The molecule has 0 bridgehead atoms. The van der Waals surface area contributed by atoms with Crippen LogP contribution in [-0.2, 0) is 13.0 Å². The van der Waals surface area contributed by atoms with Crippen LogP contribution >= 0.6 is 0 Å². The van der Waals surface area contributed by atoms with Gasteiger partial charge in [-0.1, -0.05) is 38.1 Å². The van der Waals surface area contributed by atoms with E-state index in [1.807, 2.05) is 0 Å². The summed E-state index contributed by atoms with van der Waals surface area (Å²) in [6, 6.07) is 8.79. The van der Waals surface area contributed by atoms with Crippen LogP contribution in [0.2, 0.25) is 0 Å². The van der Waals surface area contributed by atoms with Crippen LogP contribution in [0.25, 0.3) is 0 Å². The number of rotatable bonds is 8. The smallest absolute Gasteiger partial charge is 0.0613 e. The van der Waals surface area contributed by atoms with Crippen molar-refractivity contribution in [3.8, 4) is 0 Å². The van der Waals surface area contributed by atoms with Crippen LogP contribution in [0.1, 0.15) is 44.2 Å². The van der Waals surface area contributed by atoms with Crippen LogP contribution in [0.15, 0.2) is 24.3 Å². The number of benzene rings is 1. The maximum absolute atomic E-state index is 9.70. The van der Waals surface area contributed by atoms with Gasteiger partial charge in [0, 0.05) is 18.6 Å². The van der Waals surface area contributed by atoms with Gasteiger partial charge in [0.1, 0.15) is 0 Å². The highest BCUT2D eigenvalue weighted by atomic mass is 16.3. The quantitative estimate of drug-likeness (QED) is 0.772. The Morgan fingerprint density at radius 1 is 1.24 bits per heavy atom. The maximum atomic E-state index is 9.70. The number of aliphatic hydroxyl groups excluding tert-OH is 1. The van der Waals surface area contributed by atoms with Gasteiger partial charge in [0.25, 0.3) is 0 Å². The second-order valence-corrected chi connectivity index (χ2v) is 6.22. The molecule has 3 nitrogen and oxygen atoms in total. The molecule has 0 aliphatic carbocycles. The van der Waals surface area contributed by atoms with E-state index in [1.165, 1.54) is 17.5 Å². The lowest BCUT2D eigenvalue weighted by Crippen LogP contribution is -2.48. The zero-order chi connectivity index (χ0) is 15.1. The third-order valence-electron chi connectivity index (χ3n) is 4.87. The van der Waals surface area contributed by atoms with Gasteiger partial charge < -0.3 is 10.4 Å². The first-order valence-electron chi connectivity index (χ1n) is 8.38. The van der Waals surface area contributed by atoms with Crippen molar-refractivity contribution in [3.05, 3.63) is 35.4 Å². The average molecular weight is 290 g/mol. The second-order valence-electron chi connectivity index (χ2n) is 6.22. The Kier molecular flexibility index (Phi) is 6.22. The predicted octanol–water partition coefficient (Wildman–Crippen LogP) is 2.58. The third kappa shape index (κ3) is 4.29. The number of nitrogens with zero attached hydrogens (tertiary/aromatic N) is 1. The fraction of sp³-hybridized carbons (Fsp3) is 0.667. The molecule has 2 N–H and O–H groups in total. The van der Waals surface area contributed by atoms with Crippen molar-refractivity contribution in [1.82, 2.24) is 10.2 Å². The Morgan fingerprint density at radius 2 is 2.00 bits per heavy atom. The highest BCUT2D eigenvalue weighted by Crippen LogP contribution is 2.21. The summed E-state index contributed by atoms with van der Waals surface area (Å²) in [5.41, 5.74) is 2.92. The summed E-state index contributed by atoms with van der Waals surface area (Å²) < 4.78 is 0. The SMILES string of the molecule is CCNC(CC)(CO)CCCN1CCc2ccccc2C1. The molecule has 0 saturated carbocycles. The highest BCUT2D eigenvalue weighted by Gasteiger charge is 2.26. The van der Waals surface area contributed by atoms with Crippen LogP contribution in [0.4, 0.5) is 0 Å².